The molecule has 1 aromatic carbocycles. The van der Waals surface area contributed by atoms with Gasteiger partial charge in [0.2, 0.25) is 11.8 Å². The van der Waals surface area contributed by atoms with E-state index >= 15 is 0 Å². The van der Waals surface area contributed by atoms with Gasteiger partial charge >= 0.3 is 0 Å². The van der Waals surface area contributed by atoms with Crippen LogP contribution >= 0.6 is 0 Å². The molecule has 3 N–H and O–H groups in total. The molecule has 0 bridgehead atoms. The highest BCUT2D eigenvalue weighted by Crippen LogP contribution is 2.30. The second-order valence-corrected chi connectivity index (χ2v) is 4.99. The molecule has 1 aromatic rings. The molecule has 5 heteroatoms. The molecule has 2 amide bonds. The lowest BCUT2D eigenvalue weighted by molar-refractivity contribution is -0.117. The second-order valence-electron chi connectivity index (χ2n) is 4.99. The van der Waals surface area contributed by atoms with Crippen molar-refractivity contribution in [1.29, 1.82) is 0 Å². The topological polar surface area (TPSA) is 70.2 Å². The van der Waals surface area contributed by atoms with E-state index in [4.69, 9.17) is 0 Å². The van der Waals surface area contributed by atoms with E-state index in [1.54, 1.807) is 24.3 Å². The molecule has 0 heterocycles. The van der Waals surface area contributed by atoms with Crippen LogP contribution in [0.25, 0.3) is 0 Å². The van der Waals surface area contributed by atoms with Crippen LogP contribution in [-0.2, 0) is 9.59 Å². The van der Waals surface area contributed by atoms with Crippen LogP contribution in [-0.4, -0.2) is 24.9 Å². The first-order valence-electron chi connectivity index (χ1n) is 7.10. The molecule has 0 aromatic heterocycles. The minimum absolute atomic E-state index is 0.0132. The zero-order valence-electron chi connectivity index (χ0n) is 11.7. The van der Waals surface area contributed by atoms with Gasteiger partial charge in [0.1, 0.15) is 0 Å². The molecule has 1 saturated carbocycles. The Kier molecular flexibility index (Phi) is 5.12. The van der Waals surface area contributed by atoms with Crippen LogP contribution in [0, 0.1) is 5.92 Å². The minimum atomic E-state index is -0.0132. The molecule has 0 radical (unpaired) electrons. The largest absolute Gasteiger partial charge is 0.326 e. The van der Waals surface area contributed by atoms with Gasteiger partial charge in [-0.15, -0.1) is 0 Å². The van der Waals surface area contributed by atoms with Crippen molar-refractivity contribution >= 4 is 23.2 Å². The molecule has 1 fully saturated rings. The van der Waals surface area contributed by atoms with Crippen molar-refractivity contribution < 1.29 is 9.59 Å². The lowest BCUT2D eigenvalue weighted by Gasteiger charge is -2.08. The van der Waals surface area contributed by atoms with Gasteiger partial charge in [-0.25, -0.2) is 0 Å². The smallest absolute Gasteiger partial charge is 0.227 e. The van der Waals surface area contributed by atoms with Gasteiger partial charge in [-0.05, 0) is 43.7 Å². The minimum Gasteiger partial charge on any atom is -0.326 e. The normalized spacial score (nSPS) is 13.8. The van der Waals surface area contributed by atoms with E-state index in [2.05, 4.69) is 16.0 Å². The molecule has 0 saturated heterocycles. The molecule has 1 aliphatic carbocycles. The first kappa shape index (κ1) is 14.5. The number of rotatable bonds is 7. The SMILES string of the molecule is CCNCCC(=O)Nc1ccc(NC(=O)C2CC2)cc1. The highest BCUT2D eigenvalue weighted by atomic mass is 16.2. The van der Waals surface area contributed by atoms with Crippen molar-refractivity contribution in [3.8, 4) is 0 Å². The van der Waals surface area contributed by atoms with Crippen molar-refractivity contribution in [3.63, 3.8) is 0 Å². The summed E-state index contributed by atoms with van der Waals surface area (Å²) in [6, 6.07) is 7.21. The van der Waals surface area contributed by atoms with Gasteiger partial charge in [0, 0.05) is 30.3 Å². The van der Waals surface area contributed by atoms with E-state index < -0.39 is 0 Å². The lowest BCUT2D eigenvalue weighted by Crippen LogP contribution is -2.21. The Morgan fingerprint density at radius 2 is 1.70 bits per heavy atom. The van der Waals surface area contributed by atoms with Crippen molar-refractivity contribution in [2.45, 2.75) is 26.2 Å². The summed E-state index contributed by atoms with van der Waals surface area (Å²) < 4.78 is 0. The molecule has 0 aliphatic heterocycles. The Balaban J connectivity index is 1.78. The van der Waals surface area contributed by atoms with Crippen LogP contribution in [0.3, 0.4) is 0 Å². The van der Waals surface area contributed by atoms with Crippen molar-refractivity contribution in [1.82, 2.24) is 5.32 Å². The highest BCUT2D eigenvalue weighted by molar-refractivity contribution is 5.95. The summed E-state index contributed by atoms with van der Waals surface area (Å²) in [5, 5.41) is 8.79. The second kappa shape index (κ2) is 7.05. The van der Waals surface area contributed by atoms with Crippen molar-refractivity contribution in [3.05, 3.63) is 24.3 Å². The number of nitrogens with one attached hydrogen (secondary N) is 3. The molecule has 5 nitrogen and oxygen atoms in total. The lowest BCUT2D eigenvalue weighted by atomic mass is 10.2. The maximum absolute atomic E-state index is 11.6. The monoisotopic (exact) mass is 275 g/mol. The summed E-state index contributed by atoms with van der Waals surface area (Å²) >= 11 is 0. The number of benzene rings is 1. The molecular weight excluding hydrogens is 254 g/mol. The Labute approximate surface area is 119 Å². The Hall–Kier alpha value is -1.88. The van der Waals surface area contributed by atoms with E-state index in [0.717, 1.165) is 30.8 Å². The summed E-state index contributed by atoms with van der Waals surface area (Å²) in [5.74, 6) is 0.272. The van der Waals surface area contributed by atoms with Gasteiger partial charge in [0.15, 0.2) is 0 Å². The number of anilines is 2. The standard InChI is InChI=1S/C15H21N3O2/c1-2-16-10-9-14(19)17-12-5-7-13(8-6-12)18-15(20)11-3-4-11/h5-8,11,16H,2-4,9-10H2,1H3,(H,17,19)(H,18,20). The van der Waals surface area contributed by atoms with Crippen molar-refractivity contribution in [2.75, 3.05) is 23.7 Å². The summed E-state index contributed by atoms with van der Waals surface area (Å²) in [5.41, 5.74) is 1.52. The molecule has 2 rings (SSSR count). The Morgan fingerprint density at radius 3 is 2.25 bits per heavy atom. The maximum atomic E-state index is 11.6. The van der Waals surface area contributed by atoms with E-state index in [9.17, 15) is 9.59 Å². The predicted octanol–water partition coefficient (Wildman–Crippen LogP) is 1.97. The molecule has 1 aliphatic rings. The fourth-order valence-electron chi connectivity index (χ4n) is 1.83. The van der Waals surface area contributed by atoms with Gasteiger partial charge in [-0.2, -0.15) is 0 Å². The van der Waals surface area contributed by atoms with Crippen molar-refractivity contribution in [2.24, 2.45) is 5.92 Å². The van der Waals surface area contributed by atoms with Crippen LogP contribution in [0.4, 0.5) is 11.4 Å². The average Bonchev–Trinajstić information content (AvgIpc) is 3.26. The molecule has 0 unspecified atom stereocenters. The molecular formula is C15H21N3O2. The number of carbonyl (C=O) groups is 2. The van der Waals surface area contributed by atoms with Crippen LogP contribution in [0.2, 0.25) is 0 Å². The van der Waals surface area contributed by atoms with Crippen LogP contribution in [0.5, 0.6) is 0 Å². The van der Waals surface area contributed by atoms with Crippen LogP contribution < -0.4 is 16.0 Å². The third-order valence-electron chi connectivity index (χ3n) is 3.16. The molecule has 108 valence electrons. The Bertz CT molecular complexity index is 467. The number of hydrogen-bond donors (Lipinski definition) is 3. The van der Waals surface area contributed by atoms with Crippen LogP contribution in [0.15, 0.2) is 24.3 Å². The van der Waals surface area contributed by atoms with Gasteiger partial charge < -0.3 is 16.0 Å². The number of hydrogen-bond acceptors (Lipinski definition) is 3. The first-order valence-corrected chi connectivity index (χ1v) is 7.10. The molecule has 0 atom stereocenters. The fourth-order valence-corrected chi connectivity index (χ4v) is 1.83. The maximum Gasteiger partial charge on any atom is 0.227 e. The van der Waals surface area contributed by atoms with Crippen LogP contribution in [0.1, 0.15) is 26.2 Å². The number of carbonyl (C=O) groups excluding carboxylic acids is 2. The van der Waals surface area contributed by atoms with E-state index in [1.807, 2.05) is 6.92 Å². The fraction of sp³-hybridized carbons (Fsp3) is 0.467. The molecule has 0 spiro atoms. The highest BCUT2D eigenvalue weighted by Gasteiger charge is 2.29. The van der Waals surface area contributed by atoms with Gasteiger partial charge in [0.25, 0.3) is 0 Å². The molecule has 20 heavy (non-hydrogen) atoms. The van der Waals surface area contributed by atoms with Gasteiger partial charge in [-0.1, -0.05) is 6.92 Å². The van der Waals surface area contributed by atoms with Gasteiger partial charge in [-0.3, -0.25) is 9.59 Å². The summed E-state index contributed by atoms with van der Waals surface area (Å²) in [4.78, 5) is 23.2. The quantitative estimate of drug-likeness (QED) is 0.666. The predicted molar refractivity (Wildman–Crippen MR) is 79.6 cm³/mol. The number of amides is 2. The zero-order chi connectivity index (χ0) is 14.4. The zero-order valence-corrected chi connectivity index (χ0v) is 11.7. The summed E-state index contributed by atoms with van der Waals surface area (Å²) in [6.07, 6.45) is 2.44. The average molecular weight is 275 g/mol. The first-order chi connectivity index (χ1) is 9.69. The van der Waals surface area contributed by atoms with E-state index in [-0.39, 0.29) is 17.7 Å². The summed E-state index contributed by atoms with van der Waals surface area (Å²) in [7, 11) is 0. The third-order valence-corrected chi connectivity index (χ3v) is 3.16. The third kappa shape index (κ3) is 4.66. The summed E-state index contributed by atoms with van der Waals surface area (Å²) in [6.45, 7) is 3.55. The van der Waals surface area contributed by atoms with E-state index in [0.29, 0.717) is 13.0 Å². The van der Waals surface area contributed by atoms with E-state index in [1.165, 1.54) is 0 Å². The van der Waals surface area contributed by atoms with Gasteiger partial charge in [0.05, 0.1) is 0 Å². The Morgan fingerprint density at radius 1 is 1.10 bits per heavy atom.